The van der Waals surface area contributed by atoms with E-state index >= 15 is 0 Å². The van der Waals surface area contributed by atoms with Crippen molar-refractivity contribution < 1.29 is 9.18 Å². The summed E-state index contributed by atoms with van der Waals surface area (Å²) in [5.41, 5.74) is 1.79. The van der Waals surface area contributed by atoms with Gasteiger partial charge in [-0.2, -0.15) is 0 Å². The van der Waals surface area contributed by atoms with Crippen molar-refractivity contribution in [3.63, 3.8) is 0 Å². The van der Waals surface area contributed by atoms with Crippen LogP contribution < -0.4 is 0 Å². The van der Waals surface area contributed by atoms with E-state index in [9.17, 15) is 9.18 Å². The van der Waals surface area contributed by atoms with Crippen LogP contribution in [0.2, 0.25) is 0 Å². The van der Waals surface area contributed by atoms with Gasteiger partial charge in [-0.3, -0.25) is 4.79 Å². The number of benzene rings is 2. The molecule has 0 spiro atoms. The Morgan fingerprint density at radius 1 is 1.16 bits per heavy atom. The molecule has 0 saturated carbocycles. The Labute approximate surface area is 120 Å². The van der Waals surface area contributed by atoms with Crippen LogP contribution in [0.4, 0.5) is 4.39 Å². The lowest BCUT2D eigenvalue weighted by Crippen LogP contribution is -2.04. The number of hydrogen-bond donors (Lipinski definition) is 0. The predicted octanol–water partition coefficient (Wildman–Crippen LogP) is 4.77. The molecule has 19 heavy (non-hydrogen) atoms. The highest BCUT2D eigenvalue weighted by molar-refractivity contribution is 9.10. The van der Waals surface area contributed by atoms with Gasteiger partial charge >= 0.3 is 0 Å². The van der Waals surface area contributed by atoms with Gasteiger partial charge in [0.2, 0.25) is 0 Å². The summed E-state index contributed by atoms with van der Waals surface area (Å²) in [5, 5.41) is 0. The van der Waals surface area contributed by atoms with Crippen LogP contribution in [0.15, 0.2) is 46.9 Å². The Kier molecular flexibility index (Phi) is 4.48. The third-order valence-corrected chi connectivity index (χ3v) is 3.42. The molecule has 3 heteroatoms. The van der Waals surface area contributed by atoms with E-state index in [4.69, 9.17) is 0 Å². The van der Waals surface area contributed by atoms with E-state index in [1.165, 1.54) is 17.7 Å². The van der Waals surface area contributed by atoms with Crippen molar-refractivity contribution in [1.82, 2.24) is 0 Å². The molecule has 0 bridgehead atoms. The fourth-order valence-corrected chi connectivity index (χ4v) is 2.30. The number of hydrogen-bond acceptors (Lipinski definition) is 1. The minimum atomic E-state index is -0.495. The van der Waals surface area contributed by atoms with E-state index in [2.05, 4.69) is 22.9 Å². The quantitative estimate of drug-likeness (QED) is 0.741. The second-order valence-corrected chi connectivity index (χ2v) is 5.32. The molecule has 0 unspecified atom stereocenters. The molecule has 2 rings (SSSR count). The first kappa shape index (κ1) is 13.9. The molecule has 0 radical (unpaired) electrons. The van der Waals surface area contributed by atoms with Gasteiger partial charge in [0.25, 0.3) is 0 Å². The van der Waals surface area contributed by atoms with E-state index in [1.54, 1.807) is 18.2 Å². The summed E-state index contributed by atoms with van der Waals surface area (Å²) in [7, 11) is 0. The molecule has 0 aliphatic carbocycles. The maximum atomic E-state index is 13.7. The minimum absolute atomic E-state index is 0.0950. The Balaban J connectivity index is 2.30. The lowest BCUT2D eigenvalue weighted by atomic mass is 10.0. The first-order chi connectivity index (χ1) is 9.11. The number of carbonyl (C=O) groups excluding carboxylic acids is 1. The molecule has 0 aliphatic heterocycles. The molecule has 0 fully saturated rings. The smallest absolute Gasteiger partial charge is 0.196 e. The zero-order chi connectivity index (χ0) is 13.8. The molecule has 98 valence electrons. The highest BCUT2D eigenvalue weighted by atomic mass is 79.9. The van der Waals surface area contributed by atoms with Gasteiger partial charge in [-0.05, 0) is 30.2 Å². The van der Waals surface area contributed by atoms with Gasteiger partial charge in [-0.1, -0.05) is 53.5 Å². The molecule has 0 saturated heterocycles. The maximum Gasteiger partial charge on any atom is 0.196 e. The van der Waals surface area contributed by atoms with E-state index in [0.717, 1.165) is 12.8 Å². The van der Waals surface area contributed by atoms with Crippen LogP contribution in [0.1, 0.15) is 34.8 Å². The molecule has 0 atom stereocenters. The van der Waals surface area contributed by atoms with Crippen LogP contribution in [0.3, 0.4) is 0 Å². The predicted molar refractivity (Wildman–Crippen MR) is 78.0 cm³/mol. The molecule has 2 aromatic rings. The first-order valence-corrected chi connectivity index (χ1v) is 7.00. The summed E-state index contributed by atoms with van der Waals surface area (Å²) >= 11 is 3.25. The van der Waals surface area contributed by atoms with Gasteiger partial charge in [0.15, 0.2) is 5.78 Å². The van der Waals surface area contributed by atoms with Gasteiger partial charge in [0.1, 0.15) is 5.82 Å². The summed E-state index contributed by atoms with van der Waals surface area (Å²) in [4.78, 5) is 12.2. The number of carbonyl (C=O) groups is 1. The third-order valence-electron chi connectivity index (χ3n) is 2.93. The number of rotatable bonds is 4. The largest absolute Gasteiger partial charge is 0.288 e. The summed E-state index contributed by atoms with van der Waals surface area (Å²) in [5.74, 6) is -0.785. The number of aryl methyl sites for hydroxylation is 1. The number of ketones is 1. The molecule has 0 N–H and O–H groups in total. The number of halogens is 2. The summed E-state index contributed by atoms with van der Waals surface area (Å²) in [6, 6.07) is 11.7. The summed E-state index contributed by atoms with van der Waals surface area (Å²) in [6.45, 7) is 2.11. The maximum absolute atomic E-state index is 13.7. The standard InChI is InChI=1S/C16H14BrFO/c1-2-3-11-4-6-12(7-5-11)16(19)14-10-13(17)8-9-15(14)18/h4-10H,2-3H2,1H3. The van der Waals surface area contributed by atoms with E-state index < -0.39 is 5.82 Å². The molecule has 1 nitrogen and oxygen atoms in total. The van der Waals surface area contributed by atoms with Crippen LogP contribution in [0.5, 0.6) is 0 Å². The van der Waals surface area contributed by atoms with E-state index in [1.807, 2.05) is 12.1 Å². The van der Waals surface area contributed by atoms with Crippen LogP contribution in [0, 0.1) is 5.82 Å². The van der Waals surface area contributed by atoms with Crippen LogP contribution in [0.25, 0.3) is 0 Å². The summed E-state index contributed by atoms with van der Waals surface area (Å²) in [6.07, 6.45) is 2.05. The average Bonchev–Trinajstić information content (AvgIpc) is 2.42. The first-order valence-electron chi connectivity index (χ1n) is 6.20. The Bertz CT molecular complexity index is 590. The minimum Gasteiger partial charge on any atom is -0.288 e. The van der Waals surface area contributed by atoms with Crippen molar-refractivity contribution in [2.75, 3.05) is 0 Å². The monoisotopic (exact) mass is 320 g/mol. The molecule has 0 heterocycles. The molecular weight excluding hydrogens is 307 g/mol. The fraction of sp³-hybridized carbons (Fsp3) is 0.188. The van der Waals surface area contributed by atoms with Crippen LogP contribution in [-0.4, -0.2) is 5.78 Å². The van der Waals surface area contributed by atoms with Crippen molar-refractivity contribution in [1.29, 1.82) is 0 Å². The lowest BCUT2D eigenvalue weighted by molar-refractivity contribution is 0.103. The fourth-order valence-electron chi connectivity index (χ4n) is 1.94. The topological polar surface area (TPSA) is 17.1 Å². The van der Waals surface area contributed by atoms with Gasteiger partial charge < -0.3 is 0 Å². The Morgan fingerprint density at radius 2 is 1.84 bits per heavy atom. The summed E-state index contributed by atoms with van der Waals surface area (Å²) < 4.78 is 14.4. The highest BCUT2D eigenvalue weighted by Crippen LogP contribution is 2.19. The van der Waals surface area contributed by atoms with Crippen molar-refractivity contribution in [3.05, 3.63) is 69.4 Å². The third kappa shape index (κ3) is 3.29. The van der Waals surface area contributed by atoms with Gasteiger partial charge in [-0.15, -0.1) is 0 Å². The van der Waals surface area contributed by atoms with E-state index in [0.29, 0.717) is 10.0 Å². The molecule has 0 aromatic heterocycles. The van der Waals surface area contributed by atoms with Crippen molar-refractivity contribution >= 4 is 21.7 Å². The molecular formula is C16H14BrFO. The normalized spacial score (nSPS) is 10.5. The zero-order valence-electron chi connectivity index (χ0n) is 10.6. The molecule has 0 amide bonds. The van der Waals surface area contributed by atoms with Crippen LogP contribution in [-0.2, 0) is 6.42 Å². The van der Waals surface area contributed by atoms with Crippen molar-refractivity contribution in [2.45, 2.75) is 19.8 Å². The lowest BCUT2D eigenvalue weighted by Gasteiger charge is -2.05. The van der Waals surface area contributed by atoms with Crippen LogP contribution >= 0.6 is 15.9 Å². The van der Waals surface area contributed by atoms with E-state index in [-0.39, 0.29) is 11.3 Å². The van der Waals surface area contributed by atoms with Gasteiger partial charge in [0.05, 0.1) is 5.56 Å². The average molecular weight is 321 g/mol. The Hall–Kier alpha value is -1.48. The molecule has 2 aromatic carbocycles. The van der Waals surface area contributed by atoms with Gasteiger partial charge in [-0.25, -0.2) is 4.39 Å². The zero-order valence-corrected chi connectivity index (χ0v) is 12.2. The highest BCUT2D eigenvalue weighted by Gasteiger charge is 2.14. The second kappa shape index (κ2) is 6.11. The van der Waals surface area contributed by atoms with Gasteiger partial charge in [0, 0.05) is 10.0 Å². The van der Waals surface area contributed by atoms with Crippen molar-refractivity contribution in [2.24, 2.45) is 0 Å². The Morgan fingerprint density at radius 3 is 2.47 bits per heavy atom. The second-order valence-electron chi connectivity index (χ2n) is 4.40. The molecule has 0 aliphatic rings. The van der Waals surface area contributed by atoms with Crippen molar-refractivity contribution in [3.8, 4) is 0 Å². The SMILES string of the molecule is CCCc1ccc(C(=O)c2cc(Br)ccc2F)cc1.